The minimum Gasteiger partial charge on any atom is -0.481 e. The van der Waals surface area contributed by atoms with Crippen molar-refractivity contribution in [2.75, 3.05) is 26.7 Å². The number of rotatable bonds is 4. The number of amides is 2. The SMILES string of the molecule is CN(CC(=O)N1CCCC1)C(=O)CC(=O)O. The summed E-state index contributed by atoms with van der Waals surface area (Å²) in [5.41, 5.74) is 0. The molecule has 90 valence electrons. The summed E-state index contributed by atoms with van der Waals surface area (Å²) in [5.74, 6) is -1.83. The molecule has 1 N–H and O–H groups in total. The van der Waals surface area contributed by atoms with Crippen molar-refractivity contribution in [3.63, 3.8) is 0 Å². The summed E-state index contributed by atoms with van der Waals surface area (Å²) in [6.07, 6.45) is 1.43. The lowest BCUT2D eigenvalue weighted by Gasteiger charge is -2.20. The lowest BCUT2D eigenvalue weighted by Crippen LogP contribution is -2.40. The van der Waals surface area contributed by atoms with Crippen molar-refractivity contribution in [2.45, 2.75) is 19.3 Å². The molecule has 2 amide bonds. The van der Waals surface area contributed by atoms with Gasteiger partial charge in [0.25, 0.3) is 0 Å². The van der Waals surface area contributed by atoms with Gasteiger partial charge < -0.3 is 14.9 Å². The van der Waals surface area contributed by atoms with Gasteiger partial charge in [-0.3, -0.25) is 14.4 Å². The molecule has 0 aromatic rings. The number of likely N-dealkylation sites (tertiary alicyclic amines) is 1. The van der Waals surface area contributed by atoms with Gasteiger partial charge >= 0.3 is 5.97 Å². The third-order valence-electron chi connectivity index (χ3n) is 2.56. The molecular weight excluding hydrogens is 212 g/mol. The van der Waals surface area contributed by atoms with Gasteiger partial charge in [0, 0.05) is 20.1 Å². The lowest BCUT2D eigenvalue weighted by atomic mass is 10.3. The molecular formula is C10H16N2O4. The summed E-state index contributed by atoms with van der Waals surface area (Å²) in [4.78, 5) is 36.1. The molecule has 6 nitrogen and oxygen atoms in total. The zero-order valence-corrected chi connectivity index (χ0v) is 9.31. The maximum Gasteiger partial charge on any atom is 0.312 e. The van der Waals surface area contributed by atoms with Crippen molar-refractivity contribution >= 4 is 17.8 Å². The lowest BCUT2D eigenvalue weighted by molar-refractivity contribution is -0.146. The number of carbonyl (C=O) groups excluding carboxylic acids is 2. The fraction of sp³-hybridized carbons (Fsp3) is 0.700. The molecule has 0 saturated carbocycles. The predicted octanol–water partition coefficient (Wildman–Crippen LogP) is -0.458. The Bertz CT molecular complexity index is 297. The van der Waals surface area contributed by atoms with Crippen LogP contribution in [-0.4, -0.2) is 59.4 Å². The van der Waals surface area contributed by atoms with Crippen molar-refractivity contribution in [1.82, 2.24) is 9.80 Å². The van der Waals surface area contributed by atoms with Crippen molar-refractivity contribution in [2.24, 2.45) is 0 Å². The zero-order chi connectivity index (χ0) is 12.1. The topological polar surface area (TPSA) is 77.9 Å². The van der Waals surface area contributed by atoms with Crippen LogP contribution in [0.2, 0.25) is 0 Å². The number of carbonyl (C=O) groups is 3. The van der Waals surface area contributed by atoms with Gasteiger partial charge in [0.05, 0.1) is 6.54 Å². The van der Waals surface area contributed by atoms with E-state index >= 15 is 0 Å². The van der Waals surface area contributed by atoms with Gasteiger partial charge in [0.15, 0.2) is 0 Å². The van der Waals surface area contributed by atoms with E-state index in [9.17, 15) is 14.4 Å². The van der Waals surface area contributed by atoms with E-state index in [0.717, 1.165) is 30.8 Å². The molecule has 0 unspecified atom stereocenters. The van der Waals surface area contributed by atoms with Crippen LogP contribution in [0.5, 0.6) is 0 Å². The average Bonchev–Trinajstić information content (AvgIpc) is 2.68. The van der Waals surface area contributed by atoms with Crippen LogP contribution in [-0.2, 0) is 14.4 Å². The minimum absolute atomic E-state index is 0.0356. The van der Waals surface area contributed by atoms with Gasteiger partial charge in [-0.1, -0.05) is 0 Å². The summed E-state index contributed by atoms with van der Waals surface area (Å²) in [7, 11) is 1.44. The number of nitrogens with zero attached hydrogens (tertiary/aromatic N) is 2. The van der Waals surface area contributed by atoms with Crippen molar-refractivity contribution in [3.05, 3.63) is 0 Å². The highest BCUT2D eigenvalue weighted by Crippen LogP contribution is 2.07. The molecule has 0 bridgehead atoms. The fourth-order valence-corrected chi connectivity index (χ4v) is 1.62. The van der Waals surface area contributed by atoms with Crippen molar-refractivity contribution < 1.29 is 19.5 Å². The highest BCUT2D eigenvalue weighted by Gasteiger charge is 2.21. The maximum atomic E-state index is 11.6. The van der Waals surface area contributed by atoms with E-state index in [1.165, 1.54) is 7.05 Å². The first kappa shape index (κ1) is 12.5. The second kappa shape index (κ2) is 5.48. The Morgan fingerprint density at radius 2 is 1.81 bits per heavy atom. The Hall–Kier alpha value is -1.59. The van der Waals surface area contributed by atoms with E-state index in [1.54, 1.807) is 4.90 Å². The quantitative estimate of drug-likeness (QED) is 0.660. The number of aliphatic carboxylic acids is 1. The Kier molecular flexibility index (Phi) is 4.28. The van der Waals surface area contributed by atoms with Crippen LogP contribution in [0.4, 0.5) is 0 Å². The van der Waals surface area contributed by atoms with E-state index in [2.05, 4.69) is 0 Å². The molecule has 1 rings (SSSR count). The normalized spacial score (nSPS) is 14.9. The summed E-state index contributed by atoms with van der Waals surface area (Å²) < 4.78 is 0. The minimum atomic E-state index is -1.18. The van der Waals surface area contributed by atoms with E-state index in [1.807, 2.05) is 0 Å². The second-order valence-corrected chi connectivity index (χ2v) is 3.91. The van der Waals surface area contributed by atoms with Gasteiger partial charge in [-0.25, -0.2) is 0 Å². The van der Waals surface area contributed by atoms with E-state index < -0.39 is 18.3 Å². The number of hydrogen-bond donors (Lipinski definition) is 1. The fourth-order valence-electron chi connectivity index (χ4n) is 1.62. The third kappa shape index (κ3) is 3.52. The van der Waals surface area contributed by atoms with Gasteiger partial charge in [0.2, 0.25) is 11.8 Å². The van der Waals surface area contributed by atoms with Crippen LogP contribution in [0.1, 0.15) is 19.3 Å². The van der Waals surface area contributed by atoms with Crippen LogP contribution in [0, 0.1) is 0 Å². The Labute approximate surface area is 93.8 Å². The van der Waals surface area contributed by atoms with Crippen LogP contribution < -0.4 is 0 Å². The summed E-state index contributed by atoms with van der Waals surface area (Å²) in [5, 5.41) is 8.44. The van der Waals surface area contributed by atoms with Gasteiger partial charge in [-0.15, -0.1) is 0 Å². The zero-order valence-electron chi connectivity index (χ0n) is 9.31. The molecule has 1 saturated heterocycles. The number of carboxylic acids is 1. The smallest absolute Gasteiger partial charge is 0.312 e. The molecule has 6 heteroatoms. The second-order valence-electron chi connectivity index (χ2n) is 3.91. The monoisotopic (exact) mass is 228 g/mol. The number of carboxylic acid groups (broad SMARTS) is 1. The van der Waals surface area contributed by atoms with Crippen LogP contribution in [0.15, 0.2) is 0 Å². The molecule has 0 radical (unpaired) electrons. The molecule has 0 atom stereocenters. The average molecular weight is 228 g/mol. The largest absolute Gasteiger partial charge is 0.481 e. The Morgan fingerprint density at radius 1 is 1.25 bits per heavy atom. The molecule has 1 aliphatic rings. The van der Waals surface area contributed by atoms with Crippen LogP contribution >= 0.6 is 0 Å². The number of likely N-dealkylation sites (N-methyl/N-ethyl adjacent to an activating group) is 1. The van der Waals surface area contributed by atoms with Crippen molar-refractivity contribution in [3.8, 4) is 0 Å². The molecule has 1 aliphatic heterocycles. The van der Waals surface area contributed by atoms with Crippen LogP contribution in [0.25, 0.3) is 0 Å². The number of hydrogen-bond acceptors (Lipinski definition) is 3. The summed E-state index contributed by atoms with van der Waals surface area (Å²) in [6, 6.07) is 0. The molecule has 1 fully saturated rings. The predicted molar refractivity (Wildman–Crippen MR) is 55.7 cm³/mol. The first-order valence-electron chi connectivity index (χ1n) is 5.24. The molecule has 1 heterocycles. The molecule has 0 aromatic carbocycles. The molecule has 0 aromatic heterocycles. The van der Waals surface area contributed by atoms with E-state index in [0.29, 0.717) is 0 Å². The Morgan fingerprint density at radius 3 is 2.31 bits per heavy atom. The first-order chi connectivity index (χ1) is 7.50. The maximum absolute atomic E-state index is 11.6. The molecule has 0 aliphatic carbocycles. The third-order valence-corrected chi connectivity index (χ3v) is 2.56. The van der Waals surface area contributed by atoms with Crippen LogP contribution in [0.3, 0.4) is 0 Å². The van der Waals surface area contributed by atoms with Crippen molar-refractivity contribution in [1.29, 1.82) is 0 Å². The Balaban J connectivity index is 2.37. The summed E-state index contributed by atoms with van der Waals surface area (Å²) in [6.45, 7) is 1.44. The van der Waals surface area contributed by atoms with E-state index in [-0.39, 0.29) is 12.5 Å². The highest BCUT2D eigenvalue weighted by atomic mass is 16.4. The van der Waals surface area contributed by atoms with E-state index in [4.69, 9.17) is 5.11 Å². The molecule has 16 heavy (non-hydrogen) atoms. The van der Waals surface area contributed by atoms with Gasteiger partial charge in [-0.05, 0) is 12.8 Å². The first-order valence-corrected chi connectivity index (χ1v) is 5.24. The highest BCUT2D eigenvalue weighted by molar-refractivity contribution is 5.95. The standard InChI is InChI=1S/C10H16N2O4/c1-11(8(13)6-10(15)16)7-9(14)12-4-2-3-5-12/h2-7H2,1H3,(H,15,16). The molecule has 0 spiro atoms. The summed E-state index contributed by atoms with van der Waals surface area (Å²) >= 11 is 0. The van der Waals surface area contributed by atoms with Gasteiger partial charge in [-0.2, -0.15) is 0 Å². The van der Waals surface area contributed by atoms with Gasteiger partial charge in [0.1, 0.15) is 6.42 Å².